The molecule has 8 nitrogen and oxygen atoms in total. The maximum Gasteiger partial charge on any atom is 0.377 e. The first-order valence-electron chi connectivity index (χ1n) is 5.64. The van der Waals surface area contributed by atoms with Crippen molar-refractivity contribution >= 4 is 5.97 Å². The van der Waals surface area contributed by atoms with Gasteiger partial charge in [-0.05, 0) is 0 Å². The molecule has 0 bridgehead atoms. The van der Waals surface area contributed by atoms with Crippen molar-refractivity contribution in [2.45, 2.75) is 12.2 Å². The quantitative estimate of drug-likeness (QED) is 0.334. The van der Waals surface area contributed by atoms with Crippen LogP contribution in [0, 0.1) is 0 Å². The van der Waals surface area contributed by atoms with Crippen LogP contribution >= 0.6 is 0 Å². The third kappa shape index (κ3) is 5.88. The Balaban J connectivity index is 0.000000399. The number of ether oxygens (including phenoxy) is 1. The number of hydrogen-bond acceptors (Lipinski definition) is 7. The van der Waals surface area contributed by atoms with Crippen molar-refractivity contribution in [3.05, 3.63) is 11.5 Å². The Bertz CT molecular complexity index is 334. The van der Waals surface area contributed by atoms with Crippen LogP contribution < -0.4 is 5.11 Å². The molecule has 0 saturated carbocycles. The zero-order valence-corrected chi connectivity index (χ0v) is 11.2. The second-order valence-corrected chi connectivity index (χ2v) is 5.03. The Hall–Kier alpha value is -1.35. The molecule has 0 radical (unpaired) electrons. The lowest BCUT2D eigenvalue weighted by Crippen LogP contribution is -2.36. The van der Waals surface area contributed by atoms with Gasteiger partial charge in [0.2, 0.25) is 5.76 Å². The van der Waals surface area contributed by atoms with Crippen molar-refractivity contribution in [1.82, 2.24) is 0 Å². The van der Waals surface area contributed by atoms with E-state index in [0.717, 1.165) is 11.0 Å². The van der Waals surface area contributed by atoms with Crippen molar-refractivity contribution in [3.8, 4) is 0 Å². The van der Waals surface area contributed by atoms with Gasteiger partial charge in [0.05, 0.1) is 33.9 Å². The number of quaternary nitrogens is 1. The highest BCUT2D eigenvalue weighted by molar-refractivity contribution is 5.89. The van der Waals surface area contributed by atoms with Crippen LogP contribution in [-0.4, -0.2) is 84.0 Å². The minimum absolute atomic E-state index is 0.281. The molecule has 0 aromatic heterocycles. The summed E-state index contributed by atoms with van der Waals surface area (Å²) in [6.07, 6.45) is -2.95. The van der Waals surface area contributed by atoms with Gasteiger partial charge in [-0.2, -0.15) is 0 Å². The SMILES string of the molecule is C[N+](C)(C)CCO.O=C1O[C@H]([C@@H](O)C[O-])C(O)=C1O. The molecule has 0 saturated heterocycles. The van der Waals surface area contributed by atoms with Gasteiger partial charge in [-0.25, -0.2) is 4.79 Å². The number of rotatable bonds is 4. The van der Waals surface area contributed by atoms with Gasteiger partial charge in [-0.3, -0.25) is 0 Å². The fourth-order valence-electron chi connectivity index (χ4n) is 1.11. The van der Waals surface area contributed by atoms with Gasteiger partial charge >= 0.3 is 5.97 Å². The minimum atomic E-state index is -1.53. The summed E-state index contributed by atoms with van der Waals surface area (Å²) in [7, 11) is 6.16. The van der Waals surface area contributed by atoms with Crippen LogP contribution in [0.1, 0.15) is 0 Å². The average Bonchev–Trinajstić information content (AvgIpc) is 2.55. The molecule has 0 unspecified atom stereocenters. The van der Waals surface area contributed by atoms with E-state index in [1.165, 1.54) is 0 Å². The maximum atomic E-state index is 10.5. The molecule has 1 rings (SSSR count). The molecule has 2 atom stereocenters. The van der Waals surface area contributed by atoms with Crippen molar-refractivity contribution < 1.29 is 39.5 Å². The van der Waals surface area contributed by atoms with Crippen molar-refractivity contribution in [3.63, 3.8) is 0 Å². The van der Waals surface area contributed by atoms with Crippen LogP contribution in [0.4, 0.5) is 0 Å². The topological polar surface area (TPSA) is 130 Å². The Morgan fingerprint density at radius 2 is 1.89 bits per heavy atom. The van der Waals surface area contributed by atoms with E-state index in [2.05, 4.69) is 25.9 Å². The molecule has 0 amide bonds. The van der Waals surface area contributed by atoms with E-state index in [1.807, 2.05) is 0 Å². The van der Waals surface area contributed by atoms with E-state index in [0.29, 0.717) is 0 Å². The molecule has 0 aromatic carbocycles. The number of esters is 1. The van der Waals surface area contributed by atoms with Gasteiger partial charge in [-0.1, -0.05) is 0 Å². The molecule has 0 aliphatic carbocycles. The van der Waals surface area contributed by atoms with E-state index in [9.17, 15) is 9.90 Å². The Morgan fingerprint density at radius 3 is 2.11 bits per heavy atom. The molecule has 0 fully saturated rings. The van der Waals surface area contributed by atoms with Crippen LogP contribution in [0.15, 0.2) is 11.5 Å². The number of carbonyl (C=O) groups excluding carboxylic acids is 1. The molecule has 1 aliphatic rings. The van der Waals surface area contributed by atoms with Gasteiger partial charge in [0.25, 0.3) is 0 Å². The smallest absolute Gasteiger partial charge is 0.377 e. The normalized spacial score (nSPS) is 20.7. The number of cyclic esters (lactones) is 1. The van der Waals surface area contributed by atoms with E-state index >= 15 is 0 Å². The standard InChI is InChI=1S/C6H7O6.C5H14NO/c7-1-2(8)5-3(9)4(10)6(11)12-5;1-6(2,3)4-5-7/h2,5,8-10H,1H2;7H,4-5H2,1-3H3/q-1;+1/t2-,5+;/m0./s1. The summed E-state index contributed by atoms with van der Waals surface area (Å²) in [4.78, 5) is 10.5. The zero-order valence-electron chi connectivity index (χ0n) is 11.2. The summed E-state index contributed by atoms with van der Waals surface area (Å²) in [6.45, 7) is 0.193. The van der Waals surface area contributed by atoms with Gasteiger partial charge in [0.1, 0.15) is 6.54 Å². The summed E-state index contributed by atoms with van der Waals surface area (Å²) in [5, 5.41) is 45.0. The second-order valence-electron chi connectivity index (χ2n) is 5.03. The number of carbonyl (C=O) groups is 1. The molecule has 8 heteroatoms. The van der Waals surface area contributed by atoms with Crippen molar-refractivity contribution in [1.29, 1.82) is 0 Å². The highest BCUT2D eigenvalue weighted by atomic mass is 16.6. The van der Waals surface area contributed by atoms with E-state index in [4.69, 9.17) is 20.4 Å². The van der Waals surface area contributed by atoms with Gasteiger partial charge in [0, 0.05) is 0 Å². The summed E-state index contributed by atoms with van der Waals surface area (Å²) in [5.74, 6) is -2.87. The molecule has 19 heavy (non-hydrogen) atoms. The van der Waals surface area contributed by atoms with Gasteiger partial charge in [-0.15, -0.1) is 6.61 Å². The second kappa shape index (κ2) is 7.29. The van der Waals surface area contributed by atoms with Crippen LogP contribution in [0.5, 0.6) is 0 Å². The molecular weight excluding hydrogens is 258 g/mol. The van der Waals surface area contributed by atoms with Crippen molar-refractivity contribution in [2.24, 2.45) is 0 Å². The van der Waals surface area contributed by atoms with E-state index in [-0.39, 0.29) is 6.61 Å². The fourth-order valence-corrected chi connectivity index (χ4v) is 1.11. The first-order chi connectivity index (χ1) is 8.64. The predicted molar refractivity (Wildman–Crippen MR) is 63.0 cm³/mol. The number of likely N-dealkylation sites (N-methyl/N-ethyl adjacent to an activating group) is 1. The number of aliphatic hydroxyl groups excluding tert-OH is 4. The molecular formula is C11H21NO7. The zero-order chi connectivity index (χ0) is 15.2. The lowest BCUT2D eigenvalue weighted by Gasteiger charge is -2.21. The third-order valence-electron chi connectivity index (χ3n) is 2.23. The van der Waals surface area contributed by atoms with Crippen molar-refractivity contribution in [2.75, 3.05) is 40.9 Å². The average molecular weight is 279 g/mol. The monoisotopic (exact) mass is 279 g/mol. The molecule has 0 aromatic rings. The predicted octanol–water partition coefficient (Wildman–Crippen LogP) is -2.35. The maximum absolute atomic E-state index is 10.5. The Labute approximate surface area is 111 Å². The number of aliphatic hydroxyl groups is 4. The van der Waals surface area contributed by atoms with Crippen LogP contribution in [0.25, 0.3) is 0 Å². The summed E-state index contributed by atoms with van der Waals surface area (Å²) in [5.41, 5.74) is 0. The van der Waals surface area contributed by atoms with Crippen LogP contribution in [0.3, 0.4) is 0 Å². The molecule has 0 spiro atoms. The summed E-state index contributed by atoms with van der Waals surface area (Å²) >= 11 is 0. The first kappa shape index (κ1) is 17.6. The van der Waals surface area contributed by atoms with Gasteiger partial charge < -0.3 is 34.8 Å². The first-order valence-corrected chi connectivity index (χ1v) is 5.64. The van der Waals surface area contributed by atoms with Crippen LogP contribution in [-0.2, 0) is 9.53 Å². The lowest BCUT2D eigenvalue weighted by molar-refractivity contribution is -0.870. The molecule has 112 valence electrons. The van der Waals surface area contributed by atoms with Gasteiger partial charge in [0.15, 0.2) is 11.9 Å². The third-order valence-corrected chi connectivity index (χ3v) is 2.23. The minimum Gasteiger partial charge on any atom is -0.853 e. The largest absolute Gasteiger partial charge is 0.853 e. The Morgan fingerprint density at radius 1 is 1.37 bits per heavy atom. The molecule has 4 N–H and O–H groups in total. The number of hydrogen-bond donors (Lipinski definition) is 4. The van der Waals surface area contributed by atoms with E-state index in [1.54, 1.807) is 0 Å². The fraction of sp³-hybridized carbons (Fsp3) is 0.727. The van der Waals surface area contributed by atoms with Crippen LogP contribution in [0.2, 0.25) is 0 Å². The lowest BCUT2D eigenvalue weighted by atomic mass is 10.2. The Kier molecular flexibility index (Phi) is 6.77. The highest BCUT2D eigenvalue weighted by Crippen LogP contribution is 2.20. The summed E-state index contributed by atoms with van der Waals surface area (Å²) in [6, 6.07) is 0. The highest BCUT2D eigenvalue weighted by Gasteiger charge is 2.37. The molecule has 1 aliphatic heterocycles. The number of nitrogens with zero attached hydrogens (tertiary/aromatic N) is 1. The van der Waals surface area contributed by atoms with E-state index < -0.39 is 36.3 Å². The molecule has 1 heterocycles. The summed E-state index contributed by atoms with van der Waals surface area (Å²) < 4.78 is 5.12.